The van der Waals surface area contributed by atoms with Crippen LogP contribution in [0.4, 0.5) is 0 Å². The Bertz CT molecular complexity index is 847. The first-order valence-electron chi connectivity index (χ1n) is 6.67. The third-order valence-electron chi connectivity index (χ3n) is 2.98. The summed E-state index contributed by atoms with van der Waals surface area (Å²) in [5.41, 5.74) is 1.29. The molecule has 1 N–H and O–H groups in total. The minimum absolute atomic E-state index is 0.292. The molecule has 0 aliphatic heterocycles. The number of carboxylic acids is 1. The predicted molar refractivity (Wildman–Crippen MR) is 83.3 cm³/mol. The summed E-state index contributed by atoms with van der Waals surface area (Å²) in [7, 11) is 0. The number of carboxylic acid groups (broad SMARTS) is 1. The first-order valence-corrected chi connectivity index (χ1v) is 7.05. The van der Waals surface area contributed by atoms with E-state index in [1.807, 2.05) is 12.1 Å². The van der Waals surface area contributed by atoms with Crippen molar-refractivity contribution >= 4 is 17.6 Å². The van der Waals surface area contributed by atoms with Gasteiger partial charge in [-0.15, -0.1) is 0 Å². The van der Waals surface area contributed by atoms with Crippen LogP contribution in [0, 0.1) is 0 Å². The van der Waals surface area contributed by atoms with E-state index < -0.39 is 12.6 Å². The van der Waals surface area contributed by atoms with Crippen LogP contribution in [0.25, 0.3) is 22.8 Å². The molecule has 0 atom stereocenters. The van der Waals surface area contributed by atoms with Gasteiger partial charge in [0.2, 0.25) is 5.82 Å². The van der Waals surface area contributed by atoms with Crippen LogP contribution in [-0.4, -0.2) is 27.8 Å². The molecule has 0 bridgehead atoms. The molecular weight excluding hydrogens is 320 g/mol. The van der Waals surface area contributed by atoms with E-state index in [9.17, 15) is 4.79 Å². The fraction of sp³-hybridized carbons (Fsp3) is 0.0625. The molecule has 3 aromatic rings. The van der Waals surface area contributed by atoms with Crippen molar-refractivity contribution in [3.63, 3.8) is 0 Å². The monoisotopic (exact) mass is 330 g/mol. The quantitative estimate of drug-likeness (QED) is 0.770. The van der Waals surface area contributed by atoms with Gasteiger partial charge in [-0.2, -0.15) is 4.98 Å². The third-order valence-corrected chi connectivity index (χ3v) is 3.31. The minimum Gasteiger partial charge on any atom is -0.482 e. The number of rotatable bonds is 5. The van der Waals surface area contributed by atoms with Crippen LogP contribution in [0.2, 0.25) is 5.02 Å². The smallest absolute Gasteiger partial charge is 0.341 e. The van der Waals surface area contributed by atoms with Crippen LogP contribution in [0.15, 0.2) is 53.1 Å². The summed E-state index contributed by atoms with van der Waals surface area (Å²) in [6.07, 6.45) is 0. The van der Waals surface area contributed by atoms with E-state index in [1.165, 1.54) is 0 Å². The van der Waals surface area contributed by atoms with Gasteiger partial charge in [0.05, 0.1) is 5.02 Å². The van der Waals surface area contributed by atoms with E-state index in [0.717, 1.165) is 0 Å². The van der Waals surface area contributed by atoms with Gasteiger partial charge in [-0.05, 0) is 30.3 Å². The summed E-state index contributed by atoms with van der Waals surface area (Å²) in [6.45, 7) is -0.418. The molecule has 2 aromatic carbocycles. The summed E-state index contributed by atoms with van der Waals surface area (Å²) in [5.74, 6) is 0.0275. The van der Waals surface area contributed by atoms with Gasteiger partial charge >= 0.3 is 5.97 Å². The van der Waals surface area contributed by atoms with Crippen LogP contribution in [0.5, 0.6) is 5.75 Å². The average Bonchev–Trinajstić information content (AvgIpc) is 3.03. The lowest BCUT2D eigenvalue weighted by Gasteiger charge is -2.03. The summed E-state index contributed by atoms with van der Waals surface area (Å²) in [5, 5.41) is 13.1. The summed E-state index contributed by atoms with van der Waals surface area (Å²) in [4.78, 5) is 14.9. The molecule has 0 aliphatic carbocycles. The molecule has 6 nitrogen and oxygen atoms in total. The van der Waals surface area contributed by atoms with Gasteiger partial charge in [-0.25, -0.2) is 4.79 Å². The van der Waals surface area contributed by atoms with Crippen LogP contribution >= 0.6 is 11.6 Å². The van der Waals surface area contributed by atoms with E-state index in [-0.39, 0.29) is 0 Å². The van der Waals surface area contributed by atoms with Crippen molar-refractivity contribution in [2.75, 3.05) is 6.61 Å². The maximum Gasteiger partial charge on any atom is 0.341 e. The Balaban J connectivity index is 1.87. The second-order valence-corrected chi connectivity index (χ2v) is 5.02. The molecule has 0 amide bonds. The van der Waals surface area contributed by atoms with Gasteiger partial charge in [0.25, 0.3) is 5.89 Å². The first kappa shape index (κ1) is 15.1. The van der Waals surface area contributed by atoms with E-state index in [2.05, 4.69) is 10.1 Å². The van der Waals surface area contributed by atoms with Crippen LogP contribution in [0.3, 0.4) is 0 Å². The van der Waals surface area contributed by atoms with Gasteiger partial charge < -0.3 is 14.4 Å². The fourth-order valence-electron chi connectivity index (χ4n) is 1.96. The van der Waals surface area contributed by atoms with Crippen molar-refractivity contribution in [2.24, 2.45) is 0 Å². The molecule has 3 rings (SSSR count). The number of aromatic nitrogens is 2. The van der Waals surface area contributed by atoms with E-state index in [1.54, 1.807) is 36.4 Å². The van der Waals surface area contributed by atoms with Crippen molar-refractivity contribution < 1.29 is 19.2 Å². The molecule has 23 heavy (non-hydrogen) atoms. The largest absolute Gasteiger partial charge is 0.482 e. The number of ether oxygens (including phenoxy) is 1. The van der Waals surface area contributed by atoms with Crippen molar-refractivity contribution in [2.45, 2.75) is 0 Å². The molecule has 0 spiro atoms. The third kappa shape index (κ3) is 3.49. The molecule has 0 saturated carbocycles. The standard InChI is InChI=1S/C16H11ClN2O4/c17-13-7-2-1-6-12(13)15-18-16(23-19-15)10-4-3-5-11(8-10)22-9-14(20)21/h1-8H,9H2,(H,20,21). The lowest BCUT2D eigenvalue weighted by Crippen LogP contribution is -2.09. The number of aliphatic carboxylic acids is 1. The lowest BCUT2D eigenvalue weighted by molar-refractivity contribution is -0.139. The Morgan fingerprint density at radius 1 is 1.22 bits per heavy atom. The van der Waals surface area contributed by atoms with Gasteiger partial charge in [0.1, 0.15) is 5.75 Å². The number of benzene rings is 2. The maximum absolute atomic E-state index is 10.5. The molecule has 0 radical (unpaired) electrons. The molecule has 7 heteroatoms. The number of nitrogens with zero attached hydrogens (tertiary/aromatic N) is 2. The molecule has 116 valence electrons. The van der Waals surface area contributed by atoms with Crippen LogP contribution < -0.4 is 4.74 Å². The number of carbonyl (C=O) groups is 1. The van der Waals surface area contributed by atoms with Gasteiger partial charge in [0.15, 0.2) is 6.61 Å². The predicted octanol–water partition coefficient (Wildman–Crippen LogP) is 3.52. The van der Waals surface area contributed by atoms with Crippen molar-refractivity contribution in [3.05, 3.63) is 53.6 Å². The minimum atomic E-state index is -1.05. The highest BCUT2D eigenvalue weighted by Gasteiger charge is 2.13. The van der Waals surface area contributed by atoms with E-state index >= 15 is 0 Å². The molecule has 0 fully saturated rings. The SMILES string of the molecule is O=C(O)COc1cccc(-c2nc(-c3ccccc3Cl)no2)c1. The molecule has 0 aliphatic rings. The van der Waals surface area contributed by atoms with E-state index in [4.69, 9.17) is 26.0 Å². The normalized spacial score (nSPS) is 10.5. The van der Waals surface area contributed by atoms with Crippen molar-refractivity contribution in [3.8, 4) is 28.6 Å². The van der Waals surface area contributed by atoms with E-state index in [0.29, 0.717) is 33.6 Å². The highest BCUT2D eigenvalue weighted by molar-refractivity contribution is 6.33. The number of hydrogen-bond acceptors (Lipinski definition) is 5. The van der Waals surface area contributed by atoms with Crippen LogP contribution in [0.1, 0.15) is 0 Å². The summed E-state index contributed by atoms with van der Waals surface area (Å²) >= 11 is 6.11. The fourth-order valence-corrected chi connectivity index (χ4v) is 2.18. The zero-order chi connectivity index (χ0) is 16.2. The lowest BCUT2D eigenvalue weighted by atomic mass is 10.2. The highest BCUT2D eigenvalue weighted by Crippen LogP contribution is 2.28. The van der Waals surface area contributed by atoms with Gasteiger partial charge in [0, 0.05) is 11.1 Å². The average molecular weight is 331 g/mol. The number of hydrogen-bond donors (Lipinski definition) is 1. The first-order chi connectivity index (χ1) is 11.1. The van der Waals surface area contributed by atoms with Gasteiger partial charge in [-0.3, -0.25) is 0 Å². The second-order valence-electron chi connectivity index (χ2n) is 4.61. The van der Waals surface area contributed by atoms with Crippen molar-refractivity contribution in [1.29, 1.82) is 0 Å². The maximum atomic E-state index is 10.5. The topological polar surface area (TPSA) is 85.5 Å². The van der Waals surface area contributed by atoms with Crippen LogP contribution in [-0.2, 0) is 4.79 Å². The zero-order valence-electron chi connectivity index (χ0n) is 11.8. The Kier molecular flexibility index (Phi) is 4.25. The summed E-state index contributed by atoms with van der Waals surface area (Å²) < 4.78 is 10.4. The van der Waals surface area contributed by atoms with Gasteiger partial charge in [-0.1, -0.05) is 35.0 Å². The summed E-state index contributed by atoms with van der Waals surface area (Å²) in [6, 6.07) is 13.9. The zero-order valence-corrected chi connectivity index (χ0v) is 12.5. The Morgan fingerprint density at radius 3 is 2.83 bits per heavy atom. The van der Waals surface area contributed by atoms with Crippen molar-refractivity contribution in [1.82, 2.24) is 10.1 Å². The second kappa shape index (κ2) is 6.50. The molecule has 0 saturated heterocycles. The molecule has 1 aromatic heterocycles. The number of halogens is 1. The Morgan fingerprint density at radius 2 is 2.04 bits per heavy atom. The molecule has 0 unspecified atom stereocenters. The Labute approximate surface area is 136 Å². The molecule has 1 heterocycles. The Hall–Kier alpha value is -2.86. The molecular formula is C16H11ClN2O4. The highest BCUT2D eigenvalue weighted by atomic mass is 35.5.